The van der Waals surface area contributed by atoms with Crippen molar-refractivity contribution in [2.24, 2.45) is 5.73 Å². The minimum atomic E-state index is -0.205. The van der Waals surface area contributed by atoms with Crippen LogP contribution in [0.25, 0.3) is 17.7 Å². The topological polar surface area (TPSA) is 26.0 Å². The molecule has 3 rings (SSSR count). The van der Waals surface area contributed by atoms with Crippen LogP contribution >= 0.6 is 0 Å². The maximum absolute atomic E-state index is 6.68. The lowest BCUT2D eigenvalue weighted by Gasteiger charge is -2.36. The predicted molar refractivity (Wildman–Crippen MR) is 124 cm³/mol. The van der Waals surface area contributed by atoms with Crippen LogP contribution in [-0.2, 0) is 12.0 Å². The van der Waals surface area contributed by atoms with E-state index in [1.807, 2.05) is 6.92 Å². The highest BCUT2D eigenvalue weighted by Crippen LogP contribution is 2.41. The molecule has 0 fully saturated rings. The normalized spacial score (nSPS) is 21.7. The van der Waals surface area contributed by atoms with E-state index in [9.17, 15) is 0 Å². The molecule has 0 aliphatic heterocycles. The van der Waals surface area contributed by atoms with Gasteiger partial charge in [0, 0.05) is 5.54 Å². The molecule has 0 saturated carbocycles. The van der Waals surface area contributed by atoms with Gasteiger partial charge in [-0.05, 0) is 78.8 Å². The SMILES string of the molecule is C=C(C)c1ccc(/C=C/c2cc3c(cc2CCCC)C(C)(N)CCC3C)cc1. The van der Waals surface area contributed by atoms with Gasteiger partial charge in [0.05, 0.1) is 0 Å². The first kappa shape index (κ1) is 20.6. The molecular weight excluding hydrogens is 338 g/mol. The molecule has 2 aromatic carbocycles. The average Bonchev–Trinajstić information content (AvgIpc) is 2.68. The molecule has 28 heavy (non-hydrogen) atoms. The third kappa shape index (κ3) is 4.47. The summed E-state index contributed by atoms with van der Waals surface area (Å²) in [6.45, 7) is 12.9. The Morgan fingerprint density at radius 2 is 1.93 bits per heavy atom. The number of hydrogen-bond donors (Lipinski definition) is 1. The Morgan fingerprint density at radius 3 is 2.57 bits per heavy atom. The van der Waals surface area contributed by atoms with Crippen molar-refractivity contribution in [1.82, 2.24) is 0 Å². The van der Waals surface area contributed by atoms with E-state index in [2.05, 4.69) is 75.9 Å². The van der Waals surface area contributed by atoms with Crippen LogP contribution in [0.15, 0.2) is 43.0 Å². The van der Waals surface area contributed by atoms with Crippen molar-refractivity contribution in [3.8, 4) is 0 Å². The summed E-state index contributed by atoms with van der Waals surface area (Å²) >= 11 is 0. The number of aryl methyl sites for hydroxylation is 1. The molecule has 0 aromatic heterocycles. The van der Waals surface area contributed by atoms with E-state index in [-0.39, 0.29) is 5.54 Å². The first-order valence-electron chi connectivity index (χ1n) is 10.7. The van der Waals surface area contributed by atoms with Crippen molar-refractivity contribution in [1.29, 1.82) is 0 Å². The maximum Gasteiger partial charge on any atom is 0.0384 e. The second-order valence-electron chi connectivity index (χ2n) is 8.83. The van der Waals surface area contributed by atoms with E-state index in [0.717, 1.165) is 18.4 Å². The van der Waals surface area contributed by atoms with E-state index in [4.69, 9.17) is 5.73 Å². The maximum atomic E-state index is 6.68. The summed E-state index contributed by atoms with van der Waals surface area (Å²) in [4.78, 5) is 0. The molecule has 0 radical (unpaired) electrons. The summed E-state index contributed by atoms with van der Waals surface area (Å²) in [5.74, 6) is 0.578. The van der Waals surface area contributed by atoms with E-state index < -0.39 is 0 Å². The summed E-state index contributed by atoms with van der Waals surface area (Å²) < 4.78 is 0. The van der Waals surface area contributed by atoms with Crippen molar-refractivity contribution < 1.29 is 0 Å². The molecule has 1 heteroatoms. The Labute approximate surface area is 171 Å². The van der Waals surface area contributed by atoms with E-state index in [1.54, 1.807) is 0 Å². The molecule has 0 spiro atoms. The van der Waals surface area contributed by atoms with Crippen molar-refractivity contribution in [3.05, 3.63) is 76.4 Å². The van der Waals surface area contributed by atoms with Gasteiger partial charge in [0.1, 0.15) is 0 Å². The standard InChI is InChI=1S/C27H35N/c1-6-7-8-23-18-26-25(20(4)15-16-27(26,5)28)17-24(23)14-11-21-9-12-22(13-10-21)19(2)3/h9-14,17-18,20H,2,6-8,15-16,28H2,1,3-5H3/b14-11+. The van der Waals surface area contributed by atoms with Crippen LogP contribution in [-0.4, -0.2) is 0 Å². The number of rotatable bonds is 6. The summed E-state index contributed by atoms with van der Waals surface area (Å²) in [5, 5.41) is 0. The van der Waals surface area contributed by atoms with Crippen LogP contribution in [0.5, 0.6) is 0 Å². The highest BCUT2D eigenvalue weighted by molar-refractivity contribution is 5.73. The van der Waals surface area contributed by atoms with Gasteiger partial charge in [-0.3, -0.25) is 0 Å². The van der Waals surface area contributed by atoms with E-state index in [1.165, 1.54) is 52.6 Å². The van der Waals surface area contributed by atoms with Crippen LogP contribution in [0.4, 0.5) is 0 Å². The Hall–Kier alpha value is -2.12. The van der Waals surface area contributed by atoms with Crippen molar-refractivity contribution in [2.45, 2.75) is 71.3 Å². The molecular formula is C27H35N. The van der Waals surface area contributed by atoms with Gasteiger partial charge in [0.15, 0.2) is 0 Å². The first-order valence-corrected chi connectivity index (χ1v) is 10.7. The monoisotopic (exact) mass is 373 g/mol. The highest BCUT2D eigenvalue weighted by atomic mass is 14.7. The van der Waals surface area contributed by atoms with Crippen LogP contribution in [0.2, 0.25) is 0 Å². The van der Waals surface area contributed by atoms with Gasteiger partial charge in [-0.2, -0.15) is 0 Å². The summed E-state index contributed by atoms with van der Waals surface area (Å²) in [6, 6.07) is 13.5. The first-order chi connectivity index (χ1) is 13.3. The lowest BCUT2D eigenvalue weighted by molar-refractivity contribution is 0.382. The number of hydrogen-bond acceptors (Lipinski definition) is 1. The summed E-state index contributed by atoms with van der Waals surface area (Å²) in [6.07, 6.45) is 10.3. The quantitative estimate of drug-likeness (QED) is 0.528. The molecule has 2 unspecified atom stereocenters. The van der Waals surface area contributed by atoms with Gasteiger partial charge >= 0.3 is 0 Å². The van der Waals surface area contributed by atoms with Crippen LogP contribution < -0.4 is 5.73 Å². The van der Waals surface area contributed by atoms with Gasteiger partial charge in [-0.25, -0.2) is 0 Å². The zero-order chi connectivity index (χ0) is 20.3. The molecule has 1 nitrogen and oxygen atoms in total. The Kier molecular flexibility index (Phi) is 6.25. The Bertz CT molecular complexity index is 868. The smallest absolute Gasteiger partial charge is 0.0384 e. The van der Waals surface area contributed by atoms with Gasteiger partial charge in [-0.1, -0.05) is 81.0 Å². The minimum absolute atomic E-state index is 0.205. The fraction of sp³-hybridized carbons (Fsp3) is 0.407. The fourth-order valence-electron chi connectivity index (χ4n) is 4.19. The molecule has 1 aliphatic rings. The van der Waals surface area contributed by atoms with E-state index >= 15 is 0 Å². The average molecular weight is 374 g/mol. The van der Waals surface area contributed by atoms with Gasteiger partial charge in [0.2, 0.25) is 0 Å². The van der Waals surface area contributed by atoms with Crippen molar-refractivity contribution in [3.63, 3.8) is 0 Å². The third-order valence-electron chi connectivity index (χ3n) is 6.21. The lowest BCUT2D eigenvalue weighted by atomic mass is 9.72. The summed E-state index contributed by atoms with van der Waals surface area (Å²) in [7, 11) is 0. The molecule has 2 N–H and O–H groups in total. The second kappa shape index (κ2) is 8.49. The Morgan fingerprint density at radius 1 is 1.21 bits per heavy atom. The number of nitrogens with two attached hydrogens (primary N) is 1. The van der Waals surface area contributed by atoms with Crippen LogP contribution in [0.1, 0.15) is 92.7 Å². The molecule has 148 valence electrons. The largest absolute Gasteiger partial charge is 0.322 e. The zero-order valence-electron chi connectivity index (χ0n) is 18.0. The fourth-order valence-corrected chi connectivity index (χ4v) is 4.19. The van der Waals surface area contributed by atoms with Gasteiger partial charge < -0.3 is 5.73 Å². The molecule has 2 atom stereocenters. The third-order valence-corrected chi connectivity index (χ3v) is 6.21. The number of fused-ring (bicyclic) bond motifs is 1. The lowest BCUT2D eigenvalue weighted by Crippen LogP contribution is -2.37. The highest BCUT2D eigenvalue weighted by Gasteiger charge is 2.32. The zero-order valence-corrected chi connectivity index (χ0v) is 18.0. The molecule has 0 bridgehead atoms. The van der Waals surface area contributed by atoms with Gasteiger partial charge in [0.25, 0.3) is 0 Å². The molecule has 2 aromatic rings. The second-order valence-corrected chi connectivity index (χ2v) is 8.83. The van der Waals surface area contributed by atoms with E-state index in [0.29, 0.717) is 5.92 Å². The Balaban J connectivity index is 1.98. The minimum Gasteiger partial charge on any atom is -0.322 e. The van der Waals surface area contributed by atoms with Crippen molar-refractivity contribution >= 4 is 17.7 Å². The summed E-state index contributed by atoms with van der Waals surface area (Å²) in [5.41, 5.74) is 15.6. The predicted octanol–water partition coefficient (Wildman–Crippen LogP) is 7.30. The van der Waals surface area contributed by atoms with Gasteiger partial charge in [-0.15, -0.1) is 0 Å². The van der Waals surface area contributed by atoms with Crippen LogP contribution in [0.3, 0.4) is 0 Å². The number of allylic oxidation sites excluding steroid dienone is 1. The van der Waals surface area contributed by atoms with Crippen molar-refractivity contribution in [2.75, 3.05) is 0 Å². The molecule has 0 saturated heterocycles. The molecule has 0 amide bonds. The molecule has 1 aliphatic carbocycles. The molecule has 0 heterocycles. The number of benzene rings is 2. The van der Waals surface area contributed by atoms with Crippen LogP contribution in [0, 0.1) is 0 Å². The number of unbranched alkanes of at least 4 members (excludes halogenated alkanes) is 1.